The van der Waals surface area contributed by atoms with Crippen molar-refractivity contribution < 1.29 is 19.1 Å². The first-order chi connectivity index (χ1) is 20.4. The van der Waals surface area contributed by atoms with E-state index in [0.29, 0.717) is 80.2 Å². The molecule has 1 aromatic carbocycles. The summed E-state index contributed by atoms with van der Waals surface area (Å²) in [5, 5.41) is 7.87. The lowest BCUT2D eigenvalue weighted by Crippen LogP contribution is -2.51. The molecular formula is C29H35BrClN7O5. The highest BCUT2D eigenvalue weighted by molar-refractivity contribution is 9.10. The normalized spacial score (nSPS) is 15.9. The van der Waals surface area contributed by atoms with E-state index in [1.807, 2.05) is 38.7 Å². The number of nitrogens with one attached hydrogen (secondary N) is 1. The highest BCUT2D eigenvalue weighted by Gasteiger charge is 2.30. The quantitative estimate of drug-likeness (QED) is 0.409. The number of amides is 2. The lowest BCUT2D eigenvalue weighted by molar-refractivity contribution is -0.116. The van der Waals surface area contributed by atoms with Crippen LogP contribution in [0.5, 0.6) is 0 Å². The summed E-state index contributed by atoms with van der Waals surface area (Å²) in [6.07, 6.45) is 2.60. The number of nitrogens with zero attached hydrogens (tertiary/aromatic N) is 6. The van der Waals surface area contributed by atoms with E-state index in [1.54, 1.807) is 27.7 Å². The van der Waals surface area contributed by atoms with E-state index >= 15 is 0 Å². The standard InChI is InChI=1S/C29H35BrClN7O5/c1-5-22-24(35-10-12-36(13-11-35)28(41)43-29(2,3)4)26(40)38-27(33-25(34-38)18-8-14-42-15-9-18)37(22)17-23(39)32-21-7-6-19(30)16-20(21)31/h6-8,16H,5,9-15,17H2,1-4H3,(H,32,39). The molecule has 5 rings (SSSR count). The summed E-state index contributed by atoms with van der Waals surface area (Å²) in [6.45, 7) is 9.88. The number of hydrogen-bond acceptors (Lipinski definition) is 8. The summed E-state index contributed by atoms with van der Waals surface area (Å²) < 4.78 is 14.8. The Bertz CT molecular complexity index is 1640. The number of hydrogen-bond donors (Lipinski definition) is 1. The molecule has 3 aromatic rings. The van der Waals surface area contributed by atoms with Crippen LogP contribution in [0.25, 0.3) is 11.4 Å². The second-order valence-corrected chi connectivity index (χ2v) is 12.7. The first-order valence-electron chi connectivity index (χ1n) is 14.2. The van der Waals surface area contributed by atoms with Gasteiger partial charge in [-0.15, -0.1) is 5.10 Å². The van der Waals surface area contributed by atoms with Gasteiger partial charge >= 0.3 is 6.09 Å². The number of rotatable bonds is 6. The van der Waals surface area contributed by atoms with E-state index in [9.17, 15) is 14.4 Å². The monoisotopic (exact) mass is 675 g/mol. The van der Waals surface area contributed by atoms with E-state index in [2.05, 4.69) is 26.3 Å². The number of fused-ring (bicyclic) bond motifs is 1. The number of carbonyl (C=O) groups is 2. The van der Waals surface area contributed by atoms with E-state index in [1.165, 1.54) is 4.52 Å². The smallest absolute Gasteiger partial charge is 0.410 e. The Balaban J connectivity index is 1.53. The molecule has 0 radical (unpaired) electrons. The molecule has 1 N–H and O–H groups in total. The Morgan fingerprint density at radius 3 is 2.56 bits per heavy atom. The molecule has 2 aliphatic rings. The second kappa shape index (κ2) is 12.7. The van der Waals surface area contributed by atoms with Crippen LogP contribution in [0, 0.1) is 0 Å². The zero-order valence-corrected chi connectivity index (χ0v) is 27.0. The van der Waals surface area contributed by atoms with E-state index < -0.39 is 5.60 Å². The third-order valence-electron chi connectivity index (χ3n) is 7.17. The molecular weight excluding hydrogens is 642 g/mol. The Labute approximate surface area is 262 Å². The molecule has 0 unspecified atom stereocenters. The van der Waals surface area contributed by atoms with Crippen molar-refractivity contribution in [1.29, 1.82) is 0 Å². The van der Waals surface area contributed by atoms with Gasteiger partial charge in [0.2, 0.25) is 11.7 Å². The molecule has 12 nitrogen and oxygen atoms in total. The van der Waals surface area contributed by atoms with Gasteiger partial charge in [0, 0.05) is 30.7 Å². The molecule has 0 bridgehead atoms. The van der Waals surface area contributed by atoms with Crippen LogP contribution in [0.2, 0.25) is 5.02 Å². The molecule has 2 aromatic heterocycles. The van der Waals surface area contributed by atoms with Gasteiger partial charge in [-0.2, -0.15) is 9.50 Å². The molecule has 4 heterocycles. The highest BCUT2D eigenvalue weighted by Crippen LogP contribution is 2.27. The van der Waals surface area contributed by atoms with Crippen molar-refractivity contribution in [2.75, 3.05) is 49.6 Å². The molecule has 14 heteroatoms. The molecule has 2 amide bonds. The average Bonchev–Trinajstić information content (AvgIpc) is 3.42. The Morgan fingerprint density at radius 2 is 1.93 bits per heavy atom. The van der Waals surface area contributed by atoms with Crippen LogP contribution in [0.15, 0.2) is 33.5 Å². The number of halogens is 2. The van der Waals surface area contributed by atoms with E-state index in [4.69, 9.17) is 26.1 Å². The SMILES string of the molecule is CCc1c(N2CCN(C(=O)OC(C)(C)C)CC2)c(=O)n2nc(C3=CCOCC3)nc2n1CC(=O)Nc1ccc(Br)cc1Cl. The van der Waals surface area contributed by atoms with Crippen LogP contribution in [-0.2, 0) is 27.2 Å². The first-order valence-corrected chi connectivity index (χ1v) is 15.4. The predicted octanol–water partition coefficient (Wildman–Crippen LogP) is 4.37. The zero-order chi connectivity index (χ0) is 30.9. The van der Waals surface area contributed by atoms with Crippen molar-refractivity contribution in [2.45, 2.75) is 52.7 Å². The van der Waals surface area contributed by atoms with Crippen molar-refractivity contribution in [3.05, 3.63) is 55.6 Å². The molecule has 230 valence electrons. The van der Waals surface area contributed by atoms with E-state index in [0.717, 1.165) is 10.0 Å². The van der Waals surface area contributed by atoms with Gasteiger partial charge in [0.15, 0.2) is 5.82 Å². The zero-order valence-electron chi connectivity index (χ0n) is 24.7. The fourth-order valence-corrected chi connectivity index (χ4v) is 5.88. The Morgan fingerprint density at radius 1 is 1.19 bits per heavy atom. The van der Waals surface area contributed by atoms with Gasteiger partial charge in [-0.3, -0.25) is 9.59 Å². The van der Waals surface area contributed by atoms with Crippen LogP contribution in [-0.4, -0.2) is 81.1 Å². The minimum atomic E-state index is -0.603. The number of benzene rings is 1. The largest absolute Gasteiger partial charge is 0.444 e. The lowest BCUT2D eigenvalue weighted by Gasteiger charge is -2.37. The Kier molecular flexibility index (Phi) is 9.14. The minimum Gasteiger partial charge on any atom is -0.444 e. The third-order valence-corrected chi connectivity index (χ3v) is 7.97. The molecule has 0 spiro atoms. The van der Waals surface area contributed by atoms with Crippen molar-refractivity contribution in [3.63, 3.8) is 0 Å². The number of ether oxygens (including phenoxy) is 2. The number of carbonyl (C=O) groups excluding carboxylic acids is 2. The molecule has 0 saturated carbocycles. The maximum atomic E-state index is 14.0. The van der Waals surface area contributed by atoms with Crippen molar-refractivity contribution in [3.8, 4) is 0 Å². The number of piperazine rings is 1. The highest BCUT2D eigenvalue weighted by atomic mass is 79.9. The number of aromatic nitrogens is 4. The van der Waals surface area contributed by atoms with Crippen LogP contribution in [0.3, 0.4) is 0 Å². The Hall–Kier alpha value is -3.42. The van der Waals surface area contributed by atoms with Gasteiger partial charge in [-0.05, 0) is 57.4 Å². The maximum Gasteiger partial charge on any atom is 0.410 e. The van der Waals surface area contributed by atoms with Crippen molar-refractivity contribution in [2.24, 2.45) is 0 Å². The predicted molar refractivity (Wildman–Crippen MR) is 168 cm³/mol. The van der Waals surface area contributed by atoms with Crippen LogP contribution in [0.4, 0.5) is 16.2 Å². The molecule has 1 saturated heterocycles. The fraction of sp³-hybridized carbons (Fsp3) is 0.483. The van der Waals surface area contributed by atoms with Gasteiger partial charge in [-0.1, -0.05) is 40.5 Å². The summed E-state index contributed by atoms with van der Waals surface area (Å²) in [7, 11) is 0. The molecule has 1 fully saturated rings. The van der Waals surface area contributed by atoms with Gasteiger partial charge in [0.05, 0.1) is 29.6 Å². The number of anilines is 2. The summed E-state index contributed by atoms with van der Waals surface area (Å²) in [6, 6.07) is 5.21. The van der Waals surface area contributed by atoms with Gasteiger partial charge < -0.3 is 29.2 Å². The fourth-order valence-electron chi connectivity index (χ4n) is 5.16. The van der Waals surface area contributed by atoms with Crippen LogP contribution in [0.1, 0.15) is 45.6 Å². The van der Waals surface area contributed by atoms with Crippen LogP contribution < -0.4 is 15.8 Å². The second-order valence-electron chi connectivity index (χ2n) is 11.4. The molecule has 2 aliphatic heterocycles. The summed E-state index contributed by atoms with van der Waals surface area (Å²) in [5.74, 6) is 0.372. The summed E-state index contributed by atoms with van der Waals surface area (Å²) in [4.78, 5) is 48.5. The summed E-state index contributed by atoms with van der Waals surface area (Å²) >= 11 is 9.74. The summed E-state index contributed by atoms with van der Waals surface area (Å²) in [5.41, 5.74) is 1.52. The van der Waals surface area contributed by atoms with Gasteiger partial charge in [0.1, 0.15) is 17.8 Å². The topological polar surface area (TPSA) is 123 Å². The van der Waals surface area contributed by atoms with Gasteiger partial charge in [-0.25, -0.2) is 4.79 Å². The van der Waals surface area contributed by atoms with E-state index in [-0.39, 0.29) is 29.9 Å². The van der Waals surface area contributed by atoms with Gasteiger partial charge in [0.25, 0.3) is 5.56 Å². The lowest BCUT2D eigenvalue weighted by atomic mass is 10.1. The molecule has 0 aliphatic carbocycles. The maximum absolute atomic E-state index is 14.0. The van der Waals surface area contributed by atoms with Crippen molar-refractivity contribution >= 4 is 62.3 Å². The molecule has 0 atom stereocenters. The third kappa shape index (κ3) is 6.89. The minimum absolute atomic E-state index is 0.121. The average molecular weight is 677 g/mol. The first kappa shape index (κ1) is 31.0. The van der Waals surface area contributed by atoms with Crippen LogP contribution >= 0.6 is 27.5 Å². The molecule has 43 heavy (non-hydrogen) atoms. The van der Waals surface area contributed by atoms with Crippen molar-refractivity contribution in [1.82, 2.24) is 24.1 Å².